The van der Waals surface area contributed by atoms with Gasteiger partial charge in [-0.25, -0.2) is 0 Å². The third kappa shape index (κ3) is 3.45. The van der Waals surface area contributed by atoms with Gasteiger partial charge in [-0.1, -0.05) is 18.9 Å². The number of rotatable bonds is 6. The fourth-order valence-corrected chi connectivity index (χ4v) is 4.76. The molecule has 1 aromatic carbocycles. The van der Waals surface area contributed by atoms with Crippen LogP contribution in [0.25, 0.3) is 0 Å². The molecule has 1 aliphatic rings. The summed E-state index contributed by atoms with van der Waals surface area (Å²) in [5.74, 6) is 2.77. The van der Waals surface area contributed by atoms with Crippen LogP contribution in [-0.4, -0.2) is 18.9 Å². The topological polar surface area (TPSA) is 9.23 Å². The Bertz CT molecular complexity index is 440. The average Bonchev–Trinajstić information content (AvgIpc) is 3.00. The van der Waals surface area contributed by atoms with E-state index in [9.17, 15) is 0 Å². The van der Waals surface area contributed by atoms with Crippen LogP contribution in [0.3, 0.4) is 0 Å². The minimum Gasteiger partial charge on any atom is -0.496 e. The van der Waals surface area contributed by atoms with Crippen LogP contribution >= 0.6 is 39.1 Å². The molecule has 112 valence electrons. The summed E-state index contributed by atoms with van der Waals surface area (Å²) in [7, 11) is 1.68. The molecule has 1 nitrogen and oxygen atoms in total. The second kappa shape index (κ2) is 7.38. The second-order valence-corrected chi connectivity index (χ2v) is 7.15. The molecule has 0 saturated heterocycles. The Morgan fingerprint density at radius 2 is 1.90 bits per heavy atom. The number of halogens is 3. The Balaban J connectivity index is 2.21. The highest BCUT2D eigenvalue weighted by Gasteiger charge is 2.39. The summed E-state index contributed by atoms with van der Waals surface area (Å²) in [6, 6.07) is 6.25. The first-order valence-corrected chi connectivity index (χ1v) is 8.96. The van der Waals surface area contributed by atoms with Crippen molar-refractivity contribution in [3.63, 3.8) is 0 Å². The smallest absolute Gasteiger partial charge is 0.133 e. The normalized spacial score (nSPS) is 16.6. The molecule has 1 fully saturated rings. The monoisotopic (exact) mass is 378 g/mol. The molecule has 0 aliphatic heterocycles. The van der Waals surface area contributed by atoms with Gasteiger partial charge in [0.25, 0.3) is 0 Å². The summed E-state index contributed by atoms with van der Waals surface area (Å²) in [5, 5.41) is 0. The fraction of sp³-hybridized carbons (Fsp3) is 0.625. The van der Waals surface area contributed by atoms with Gasteiger partial charge in [-0.3, -0.25) is 0 Å². The molecule has 0 unspecified atom stereocenters. The van der Waals surface area contributed by atoms with Crippen molar-refractivity contribution in [2.75, 3.05) is 18.9 Å². The predicted octanol–water partition coefficient (Wildman–Crippen LogP) is 5.65. The lowest BCUT2D eigenvalue weighted by molar-refractivity contribution is 0.225. The Morgan fingerprint density at radius 1 is 1.25 bits per heavy atom. The van der Waals surface area contributed by atoms with E-state index in [0.29, 0.717) is 17.7 Å². The maximum absolute atomic E-state index is 6.33. The fourth-order valence-electron chi connectivity index (χ4n) is 3.26. The van der Waals surface area contributed by atoms with Crippen LogP contribution in [0.2, 0.25) is 0 Å². The standard InChI is InChI=1S/C16H21BrCl2O/c1-20-15-7-6-12(8-14(15)17)9-16(10-18,11-19)13-4-2-3-5-13/h6-8,13H,2-5,9-11H2,1H3. The van der Waals surface area contributed by atoms with Gasteiger partial charge in [-0.15, -0.1) is 23.2 Å². The highest BCUT2D eigenvalue weighted by Crippen LogP contribution is 2.44. The van der Waals surface area contributed by atoms with Crippen LogP contribution in [0.1, 0.15) is 31.2 Å². The van der Waals surface area contributed by atoms with Gasteiger partial charge >= 0.3 is 0 Å². The number of methoxy groups -OCH3 is 1. The van der Waals surface area contributed by atoms with Crippen molar-refractivity contribution < 1.29 is 4.74 Å². The van der Waals surface area contributed by atoms with E-state index in [1.54, 1.807) is 7.11 Å². The molecule has 0 amide bonds. The minimum atomic E-state index is 0.0215. The number of ether oxygens (including phenoxy) is 1. The van der Waals surface area contributed by atoms with E-state index >= 15 is 0 Å². The van der Waals surface area contributed by atoms with Crippen LogP contribution in [0.4, 0.5) is 0 Å². The SMILES string of the molecule is COc1ccc(CC(CCl)(CCl)C2CCCC2)cc1Br. The van der Waals surface area contributed by atoms with Gasteiger partial charge in [0, 0.05) is 17.2 Å². The van der Waals surface area contributed by atoms with Gasteiger partial charge in [0.1, 0.15) is 5.75 Å². The maximum Gasteiger partial charge on any atom is 0.133 e. The van der Waals surface area contributed by atoms with E-state index < -0.39 is 0 Å². The van der Waals surface area contributed by atoms with Crippen LogP contribution < -0.4 is 4.74 Å². The lowest BCUT2D eigenvalue weighted by atomic mass is 9.73. The van der Waals surface area contributed by atoms with Crippen molar-refractivity contribution in [3.8, 4) is 5.75 Å². The molecule has 0 N–H and O–H groups in total. The van der Waals surface area contributed by atoms with Gasteiger partial charge in [-0.2, -0.15) is 0 Å². The Labute approximate surface area is 140 Å². The van der Waals surface area contributed by atoms with Crippen LogP contribution in [0, 0.1) is 11.3 Å². The van der Waals surface area contributed by atoms with Gasteiger partial charge in [0.2, 0.25) is 0 Å². The maximum atomic E-state index is 6.33. The highest BCUT2D eigenvalue weighted by atomic mass is 79.9. The first-order chi connectivity index (χ1) is 9.65. The summed E-state index contributed by atoms with van der Waals surface area (Å²) in [6.07, 6.45) is 6.08. The van der Waals surface area contributed by atoms with E-state index in [1.165, 1.54) is 31.2 Å². The average molecular weight is 380 g/mol. The Kier molecular flexibility index (Phi) is 6.07. The van der Waals surface area contributed by atoms with Gasteiger partial charge in [0.05, 0.1) is 11.6 Å². The molecule has 1 aromatic rings. The number of alkyl halides is 2. The molecular weight excluding hydrogens is 359 g/mol. The highest BCUT2D eigenvalue weighted by molar-refractivity contribution is 9.10. The number of hydrogen-bond donors (Lipinski definition) is 0. The summed E-state index contributed by atoms with van der Waals surface area (Å²) < 4.78 is 6.27. The molecule has 4 heteroatoms. The summed E-state index contributed by atoms with van der Waals surface area (Å²) in [5.41, 5.74) is 1.29. The third-order valence-corrected chi connectivity index (χ3v) is 6.21. The van der Waals surface area contributed by atoms with Crippen molar-refractivity contribution >= 4 is 39.1 Å². The lowest BCUT2D eigenvalue weighted by Gasteiger charge is -2.36. The van der Waals surface area contributed by atoms with Crippen LogP contribution in [0.15, 0.2) is 22.7 Å². The van der Waals surface area contributed by atoms with Gasteiger partial charge in [0.15, 0.2) is 0 Å². The molecule has 0 bridgehead atoms. The minimum absolute atomic E-state index is 0.0215. The molecule has 1 aliphatic carbocycles. The van der Waals surface area contributed by atoms with E-state index in [4.69, 9.17) is 27.9 Å². The zero-order chi connectivity index (χ0) is 14.6. The molecule has 0 heterocycles. The summed E-state index contributed by atoms with van der Waals surface area (Å²) in [4.78, 5) is 0. The molecule has 0 spiro atoms. The molecular formula is C16H21BrCl2O. The van der Waals surface area contributed by atoms with Crippen LogP contribution in [0.5, 0.6) is 5.75 Å². The molecule has 0 aromatic heterocycles. The van der Waals surface area contributed by atoms with E-state index in [0.717, 1.165) is 16.6 Å². The van der Waals surface area contributed by atoms with Crippen molar-refractivity contribution in [1.29, 1.82) is 0 Å². The molecule has 1 saturated carbocycles. The van der Waals surface area contributed by atoms with Gasteiger partial charge in [-0.05, 0) is 58.8 Å². The third-order valence-electron chi connectivity index (χ3n) is 4.53. The van der Waals surface area contributed by atoms with Crippen molar-refractivity contribution in [3.05, 3.63) is 28.2 Å². The summed E-state index contributed by atoms with van der Waals surface area (Å²) in [6.45, 7) is 0. The molecule has 0 atom stereocenters. The van der Waals surface area contributed by atoms with Crippen molar-refractivity contribution in [2.24, 2.45) is 11.3 Å². The Hall–Kier alpha value is 0.0800. The first-order valence-electron chi connectivity index (χ1n) is 7.09. The zero-order valence-electron chi connectivity index (χ0n) is 11.8. The van der Waals surface area contributed by atoms with E-state index in [-0.39, 0.29) is 5.41 Å². The van der Waals surface area contributed by atoms with E-state index in [1.807, 2.05) is 6.07 Å². The largest absolute Gasteiger partial charge is 0.496 e. The van der Waals surface area contributed by atoms with Crippen molar-refractivity contribution in [1.82, 2.24) is 0 Å². The quantitative estimate of drug-likeness (QED) is 0.580. The zero-order valence-corrected chi connectivity index (χ0v) is 14.9. The Morgan fingerprint density at radius 3 is 2.40 bits per heavy atom. The lowest BCUT2D eigenvalue weighted by Crippen LogP contribution is -2.35. The summed E-state index contributed by atoms with van der Waals surface area (Å²) >= 11 is 16.2. The number of benzene rings is 1. The molecule has 0 radical (unpaired) electrons. The second-order valence-electron chi connectivity index (χ2n) is 5.76. The predicted molar refractivity (Wildman–Crippen MR) is 90.2 cm³/mol. The van der Waals surface area contributed by atoms with E-state index in [2.05, 4.69) is 28.1 Å². The first kappa shape index (κ1) is 16.5. The van der Waals surface area contributed by atoms with Gasteiger partial charge < -0.3 is 4.74 Å². The molecule has 20 heavy (non-hydrogen) atoms. The van der Waals surface area contributed by atoms with Crippen LogP contribution in [-0.2, 0) is 6.42 Å². The molecule has 2 rings (SSSR count). The number of hydrogen-bond acceptors (Lipinski definition) is 1. The van der Waals surface area contributed by atoms with Crippen molar-refractivity contribution in [2.45, 2.75) is 32.1 Å².